The minimum Gasteiger partial charge on any atom is -0.494 e. The molecule has 0 aliphatic carbocycles. The van der Waals surface area contributed by atoms with E-state index in [9.17, 15) is 9.59 Å². The predicted octanol–water partition coefficient (Wildman–Crippen LogP) is 3.30. The number of carbonyl (C=O) groups is 2. The second-order valence-corrected chi connectivity index (χ2v) is 6.70. The van der Waals surface area contributed by atoms with E-state index in [1.54, 1.807) is 17.0 Å². The summed E-state index contributed by atoms with van der Waals surface area (Å²) in [6, 6.07) is 15.0. The lowest BCUT2D eigenvalue weighted by molar-refractivity contribution is -0.123. The van der Waals surface area contributed by atoms with Gasteiger partial charge >= 0.3 is 0 Å². The first kappa shape index (κ1) is 19.7. The minimum absolute atomic E-state index is 0.0743. The molecule has 2 aromatic rings. The molecule has 0 radical (unpaired) electrons. The maximum atomic E-state index is 12.1. The lowest BCUT2D eigenvalue weighted by atomic mass is 10.2. The van der Waals surface area contributed by atoms with Gasteiger partial charge in [0.1, 0.15) is 11.5 Å². The van der Waals surface area contributed by atoms with Crippen LogP contribution in [0, 0.1) is 0 Å². The van der Waals surface area contributed by atoms with E-state index < -0.39 is 0 Å². The van der Waals surface area contributed by atoms with Crippen LogP contribution in [0.5, 0.6) is 11.5 Å². The number of rotatable bonds is 9. The molecule has 28 heavy (non-hydrogen) atoms. The van der Waals surface area contributed by atoms with Gasteiger partial charge in [-0.3, -0.25) is 9.59 Å². The van der Waals surface area contributed by atoms with E-state index in [0.29, 0.717) is 25.3 Å². The van der Waals surface area contributed by atoms with E-state index >= 15 is 0 Å². The molecule has 1 heterocycles. The molecule has 0 bridgehead atoms. The zero-order chi connectivity index (χ0) is 19.8. The van der Waals surface area contributed by atoms with Gasteiger partial charge in [-0.15, -0.1) is 0 Å². The van der Waals surface area contributed by atoms with Crippen molar-refractivity contribution in [2.24, 2.45) is 0 Å². The summed E-state index contributed by atoms with van der Waals surface area (Å²) in [5.74, 6) is 1.33. The van der Waals surface area contributed by atoms with Crippen molar-refractivity contribution < 1.29 is 19.1 Å². The average molecular weight is 382 g/mol. The van der Waals surface area contributed by atoms with Gasteiger partial charge in [0.25, 0.3) is 5.91 Å². The molecular weight excluding hydrogens is 356 g/mol. The summed E-state index contributed by atoms with van der Waals surface area (Å²) in [6.07, 6.45) is 2.42. The van der Waals surface area contributed by atoms with Crippen molar-refractivity contribution >= 4 is 17.5 Å². The Labute approximate surface area is 165 Å². The van der Waals surface area contributed by atoms with Crippen molar-refractivity contribution in [1.82, 2.24) is 5.32 Å². The lowest BCUT2D eigenvalue weighted by Crippen LogP contribution is -2.28. The monoisotopic (exact) mass is 382 g/mol. The van der Waals surface area contributed by atoms with Crippen molar-refractivity contribution in [3.63, 3.8) is 0 Å². The normalized spacial score (nSPS) is 13.5. The maximum absolute atomic E-state index is 12.1. The van der Waals surface area contributed by atoms with Gasteiger partial charge < -0.3 is 19.7 Å². The number of amides is 2. The van der Waals surface area contributed by atoms with E-state index in [0.717, 1.165) is 36.4 Å². The molecule has 1 fully saturated rings. The Morgan fingerprint density at radius 3 is 2.64 bits per heavy atom. The minimum atomic E-state index is -0.200. The van der Waals surface area contributed by atoms with E-state index in [1.165, 1.54) is 0 Å². The topological polar surface area (TPSA) is 67.9 Å². The van der Waals surface area contributed by atoms with Crippen molar-refractivity contribution in [3.8, 4) is 11.5 Å². The number of benzene rings is 2. The molecule has 2 aromatic carbocycles. The largest absolute Gasteiger partial charge is 0.494 e. The van der Waals surface area contributed by atoms with E-state index in [2.05, 4.69) is 12.2 Å². The Kier molecular flexibility index (Phi) is 6.89. The third kappa shape index (κ3) is 5.49. The summed E-state index contributed by atoms with van der Waals surface area (Å²) < 4.78 is 11.1. The van der Waals surface area contributed by atoms with Crippen molar-refractivity contribution in [2.45, 2.75) is 32.7 Å². The summed E-state index contributed by atoms with van der Waals surface area (Å²) in [4.78, 5) is 25.7. The Hall–Kier alpha value is -3.02. The number of ether oxygens (including phenoxy) is 2. The summed E-state index contributed by atoms with van der Waals surface area (Å²) >= 11 is 0. The summed E-state index contributed by atoms with van der Waals surface area (Å²) in [5.41, 5.74) is 1.80. The quantitative estimate of drug-likeness (QED) is 0.723. The molecule has 0 unspecified atom stereocenters. The van der Waals surface area contributed by atoms with Crippen LogP contribution in [-0.4, -0.2) is 31.6 Å². The molecule has 1 saturated heterocycles. The average Bonchev–Trinajstić information content (AvgIpc) is 3.16. The molecule has 0 saturated carbocycles. The predicted molar refractivity (Wildman–Crippen MR) is 108 cm³/mol. The Morgan fingerprint density at radius 2 is 1.93 bits per heavy atom. The van der Waals surface area contributed by atoms with Gasteiger partial charge in [0.15, 0.2) is 6.61 Å². The van der Waals surface area contributed by atoms with Crippen LogP contribution in [0.25, 0.3) is 0 Å². The Balaban J connectivity index is 1.45. The third-order valence-electron chi connectivity index (χ3n) is 4.46. The molecule has 0 spiro atoms. The van der Waals surface area contributed by atoms with Crippen molar-refractivity contribution in [2.75, 3.05) is 24.7 Å². The molecule has 1 aliphatic rings. The first-order valence-corrected chi connectivity index (χ1v) is 9.67. The molecule has 6 nitrogen and oxygen atoms in total. The van der Waals surface area contributed by atoms with E-state index in [1.807, 2.05) is 36.4 Å². The highest BCUT2D eigenvalue weighted by Gasteiger charge is 2.21. The molecule has 0 atom stereocenters. The molecule has 1 aliphatic heterocycles. The fourth-order valence-corrected chi connectivity index (χ4v) is 2.99. The van der Waals surface area contributed by atoms with Gasteiger partial charge in [0.05, 0.1) is 6.61 Å². The highest BCUT2D eigenvalue weighted by molar-refractivity contribution is 5.95. The second kappa shape index (κ2) is 9.78. The van der Waals surface area contributed by atoms with Crippen LogP contribution in [-0.2, 0) is 16.1 Å². The first-order valence-electron chi connectivity index (χ1n) is 9.67. The fourth-order valence-electron chi connectivity index (χ4n) is 2.99. The van der Waals surface area contributed by atoms with Crippen LogP contribution in [0.15, 0.2) is 48.5 Å². The number of carbonyl (C=O) groups excluding carboxylic acids is 2. The Bertz CT molecular complexity index is 804. The van der Waals surface area contributed by atoms with Crippen molar-refractivity contribution in [1.29, 1.82) is 0 Å². The SMILES string of the molecule is CCCOc1ccc(CNC(=O)COc2cccc(N3CCCC3=O)c2)cc1. The number of nitrogens with one attached hydrogen (secondary N) is 1. The molecule has 6 heteroatoms. The van der Waals surface area contributed by atoms with Gasteiger partial charge in [0.2, 0.25) is 5.91 Å². The number of nitrogens with zero attached hydrogens (tertiary/aromatic N) is 1. The second-order valence-electron chi connectivity index (χ2n) is 6.70. The summed E-state index contributed by atoms with van der Waals surface area (Å²) in [5, 5.41) is 2.84. The Morgan fingerprint density at radius 1 is 1.11 bits per heavy atom. The van der Waals surface area contributed by atoms with Gasteiger partial charge in [-0.2, -0.15) is 0 Å². The number of hydrogen-bond acceptors (Lipinski definition) is 4. The smallest absolute Gasteiger partial charge is 0.258 e. The standard InChI is InChI=1S/C22H26N2O4/c1-2-13-27-19-10-8-17(9-11-19)15-23-21(25)16-28-20-6-3-5-18(14-20)24-12-4-7-22(24)26/h3,5-6,8-11,14H,2,4,7,12-13,15-16H2,1H3,(H,23,25). The number of anilines is 1. The zero-order valence-electron chi connectivity index (χ0n) is 16.1. The van der Waals surface area contributed by atoms with Crippen molar-refractivity contribution in [3.05, 3.63) is 54.1 Å². The fraction of sp³-hybridized carbons (Fsp3) is 0.364. The molecule has 148 valence electrons. The molecule has 3 rings (SSSR count). The van der Waals surface area contributed by atoms with Gasteiger partial charge in [0, 0.05) is 31.3 Å². The van der Waals surface area contributed by atoms with Gasteiger partial charge in [-0.05, 0) is 42.7 Å². The first-order chi connectivity index (χ1) is 13.7. The summed E-state index contributed by atoms with van der Waals surface area (Å²) in [7, 11) is 0. The summed E-state index contributed by atoms with van der Waals surface area (Å²) in [6.45, 7) is 3.84. The third-order valence-corrected chi connectivity index (χ3v) is 4.46. The number of hydrogen-bond donors (Lipinski definition) is 1. The zero-order valence-corrected chi connectivity index (χ0v) is 16.1. The highest BCUT2D eigenvalue weighted by Crippen LogP contribution is 2.25. The van der Waals surface area contributed by atoms with Gasteiger partial charge in [-0.25, -0.2) is 0 Å². The maximum Gasteiger partial charge on any atom is 0.258 e. The van der Waals surface area contributed by atoms with Crippen LogP contribution in [0.3, 0.4) is 0 Å². The van der Waals surface area contributed by atoms with E-state index in [-0.39, 0.29) is 18.4 Å². The van der Waals surface area contributed by atoms with Crippen LogP contribution in [0.2, 0.25) is 0 Å². The van der Waals surface area contributed by atoms with E-state index in [4.69, 9.17) is 9.47 Å². The highest BCUT2D eigenvalue weighted by atomic mass is 16.5. The lowest BCUT2D eigenvalue weighted by Gasteiger charge is -2.16. The van der Waals surface area contributed by atoms with Crippen LogP contribution < -0.4 is 19.7 Å². The van der Waals surface area contributed by atoms with Crippen LogP contribution in [0.1, 0.15) is 31.7 Å². The van der Waals surface area contributed by atoms with Crippen LogP contribution >= 0.6 is 0 Å². The molecule has 0 aromatic heterocycles. The van der Waals surface area contributed by atoms with Gasteiger partial charge in [-0.1, -0.05) is 25.1 Å². The molecule has 2 amide bonds. The molecular formula is C22H26N2O4. The van der Waals surface area contributed by atoms with Crippen LogP contribution in [0.4, 0.5) is 5.69 Å². The molecule has 1 N–H and O–H groups in total.